The number of nitrogens with one attached hydrogen (secondary N) is 1. The molecule has 2 N–H and O–H groups in total. The summed E-state index contributed by atoms with van der Waals surface area (Å²) in [4.78, 5) is 5.61. The molecule has 0 bridgehead atoms. The zero-order valence-corrected chi connectivity index (χ0v) is 17.9. The Morgan fingerprint density at radius 3 is 2.61 bits per heavy atom. The Morgan fingerprint density at radius 1 is 1.13 bits per heavy atom. The SMILES string of the molecule is COc1ccc2cc(C[NH+](C)C/C(O)=C(\C#N)c3nc4ccccc4n3C)ccc2c1. The average molecular weight is 414 g/mol. The number of para-hydroxylation sites is 2. The van der Waals surface area contributed by atoms with E-state index in [-0.39, 0.29) is 11.3 Å². The highest BCUT2D eigenvalue weighted by atomic mass is 16.5. The first kappa shape index (κ1) is 20.5. The van der Waals surface area contributed by atoms with Crippen molar-refractivity contribution in [2.75, 3.05) is 20.7 Å². The lowest BCUT2D eigenvalue weighted by Gasteiger charge is -2.15. The first-order chi connectivity index (χ1) is 15.0. The van der Waals surface area contributed by atoms with Crippen LogP contribution < -0.4 is 9.64 Å². The van der Waals surface area contributed by atoms with Crippen LogP contribution in [0.25, 0.3) is 27.4 Å². The van der Waals surface area contributed by atoms with Gasteiger partial charge in [-0.3, -0.25) is 0 Å². The number of hydrogen-bond donors (Lipinski definition) is 2. The van der Waals surface area contributed by atoms with E-state index in [0.29, 0.717) is 18.9 Å². The van der Waals surface area contributed by atoms with Gasteiger partial charge in [0.05, 0.1) is 25.2 Å². The number of likely N-dealkylation sites (N-methyl/N-ethyl adjacent to an activating group) is 1. The summed E-state index contributed by atoms with van der Waals surface area (Å²) in [6.45, 7) is 1.04. The molecule has 6 heteroatoms. The van der Waals surface area contributed by atoms with E-state index in [1.54, 1.807) is 7.11 Å². The number of aromatic nitrogens is 2. The van der Waals surface area contributed by atoms with Crippen LogP contribution in [-0.2, 0) is 13.6 Å². The Morgan fingerprint density at radius 2 is 1.87 bits per heavy atom. The molecule has 0 aliphatic carbocycles. The van der Waals surface area contributed by atoms with Crippen LogP contribution in [0.5, 0.6) is 5.75 Å². The van der Waals surface area contributed by atoms with Crippen LogP contribution in [0, 0.1) is 11.3 Å². The molecule has 0 amide bonds. The summed E-state index contributed by atoms with van der Waals surface area (Å²) in [6, 6.07) is 22.2. The monoisotopic (exact) mass is 413 g/mol. The van der Waals surface area contributed by atoms with Gasteiger partial charge in [0.1, 0.15) is 30.5 Å². The van der Waals surface area contributed by atoms with Gasteiger partial charge in [0.15, 0.2) is 11.6 Å². The number of imidazole rings is 1. The fourth-order valence-corrected chi connectivity index (χ4v) is 3.91. The Kier molecular flexibility index (Phi) is 5.61. The van der Waals surface area contributed by atoms with Gasteiger partial charge in [0, 0.05) is 12.6 Å². The molecule has 3 aromatic carbocycles. The number of hydrogen-bond acceptors (Lipinski definition) is 4. The van der Waals surface area contributed by atoms with Gasteiger partial charge in [-0.05, 0) is 41.1 Å². The summed E-state index contributed by atoms with van der Waals surface area (Å²) in [5.74, 6) is 1.36. The molecule has 0 saturated carbocycles. The topological polar surface area (TPSA) is 75.5 Å². The number of benzene rings is 3. The Bertz CT molecular complexity index is 1330. The van der Waals surface area contributed by atoms with Crippen molar-refractivity contribution in [1.82, 2.24) is 9.55 Å². The number of methoxy groups -OCH3 is 1. The van der Waals surface area contributed by atoms with Crippen molar-refractivity contribution in [2.24, 2.45) is 7.05 Å². The highest BCUT2D eigenvalue weighted by Gasteiger charge is 2.19. The van der Waals surface area contributed by atoms with Crippen LogP contribution in [0.1, 0.15) is 11.4 Å². The minimum absolute atomic E-state index is 0.0453. The van der Waals surface area contributed by atoms with Gasteiger partial charge in [-0.15, -0.1) is 0 Å². The minimum atomic E-state index is 0.0453. The van der Waals surface area contributed by atoms with Gasteiger partial charge in [0.25, 0.3) is 0 Å². The molecule has 1 unspecified atom stereocenters. The number of fused-ring (bicyclic) bond motifs is 2. The summed E-state index contributed by atoms with van der Waals surface area (Å²) < 4.78 is 7.13. The number of nitriles is 1. The third kappa shape index (κ3) is 4.09. The van der Waals surface area contributed by atoms with Crippen molar-refractivity contribution in [3.05, 3.63) is 77.8 Å². The molecule has 156 valence electrons. The molecular formula is C25H25N4O2+. The Balaban J connectivity index is 1.55. The van der Waals surface area contributed by atoms with E-state index in [1.165, 1.54) is 0 Å². The maximum atomic E-state index is 10.8. The maximum absolute atomic E-state index is 10.8. The second-order valence-electron chi connectivity index (χ2n) is 7.77. The number of ether oxygens (including phenoxy) is 1. The molecule has 1 atom stereocenters. The number of quaternary nitrogens is 1. The molecule has 4 rings (SSSR count). The molecule has 1 heterocycles. The molecule has 0 aliphatic heterocycles. The van der Waals surface area contributed by atoms with E-state index < -0.39 is 0 Å². The van der Waals surface area contributed by atoms with Crippen LogP contribution in [0.15, 0.2) is 66.4 Å². The number of rotatable bonds is 6. The van der Waals surface area contributed by atoms with Crippen molar-refractivity contribution in [3.63, 3.8) is 0 Å². The normalized spacial score (nSPS) is 13.1. The maximum Gasteiger partial charge on any atom is 0.169 e. The first-order valence-electron chi connectivity index (χ1n) is 10.1. The van der Waals surface area contributed by atoms with E-state index in [9.17, 15) is 10.4 Å². The molecule has 0 fully saturated rings. The Labute approximate surface area is 181 Å². The Hall–Kier alpha value is -3.82. The predicted molar refractivity (Wildman–Crippen MR) is 122 cm³/mol. The zero-order chi connectivity index (χ0) is 22.0. The zero-order valence-electron chi connectivity index (χ0n) is 17.9. The van der Waals surface area contributed by atoms with Crippen LogP contribution in [0.2, 0.25) is 0 Å². The second-order valence-corrected chi connectivity index (χ2v) is 7.77. The molecular weight excluding hydrogens is 388 g/mol. The molecule has 6 nitrogen and oxygen atoms in total. The van der Waals surface area contributed by atoms with Gasteiger partial charge in [-0.2, -0.15) is 5.26 Å². The predicted octanol–water partition coefficient (Wildman–Crippen LogP) is 3.24. The van der Waals surface area contributed by atoms with Crippen LogP contribution in [0.3, 0.4) is 0 Å². The van der Waals surface area contributed by atoms with E-state index in [1.807, 2.05) is 61.1 Å². The highest BCUT2D eigenvalue weighted by molar-refractivity contribution is 5.85. The smallest absolute Gasteiger partial charge is 0.169 e. The van der Waals surface area contributed by atoms with Gasteiger partial charge >= 0.3 is 0 Å². The summed E-state index contributed by atoms with van der Waals surface area (Å²) in [7, 11) is 5.52. The van der Waals surface area contributed by atoms with E-state index in [4.69, 9.17) is 4.74 Å². The quantitative estimate of drug-likeness (QED) is 0.376. The molecule has 0 aliphatic rings. The molecule has 0 saturated heterocycles. The minimum Gasteiger partial charge on any atom is -0.506 e. The van der Waals surface area contributed by atoms with Crippen molar-refractivity contribution < 1.29 is 14.7 Å². The number of aliphatic hydroxyl groups excluding tert-OH is 1. The van der Waals surface area contributed by atoms with E-state index in [2.05, 4.69) is 29.3 Å². The van der Waals surface area contributed by atoms with Crippen LogP contribution >= 0.6 is 0 Å². The van der Waals surface area contributed by atoms with Crippen molar-refractivity contribution in [2.45, 2.75) is 6.54 Å². The van der Waals surface area contributed by atoms with E-state index in [0.717, 1.165) is 38.0 Å². The number of aliphatic hydroxyl groups is 1. The molecule has 4 aromatic rings. The van der Waals surface area contributed by atoms with Crippen molar-refractivity contribution in [3.8, 4) is 11.8 Å². The molecule has 1 aromatic heterocycles. The fraction of sp³-hybridized carbons (Fsp3) is 0.200. The number of aryl methyl sites for hydroxylation is 1. The van der Waals surface area contributed by atoms with Crippen LogP contribution in [-0.4, -0.2) is 35.4 Å². The second kappa shape index (κ2) is 8.50. The molecule has 31 heavy (non-hydrogen) atoms. The lowest BCUT2D eigenvalue weighted by atomic mass is 10.1. The van der Waals surface area contributed by atoms with Gasteiger partial charge in [-0.25, -0.2) is 4.98 Å². The summed E-state index contributed by atoms with van der Waals surface area (Å²) in [5.41, 5.74) is 3.09. The first-order valence-corrected chi connectivity index (χ1v) is 10.1. The number of nitrogens with zero attached hydrogens (tertiary/aromatic N) is 3. The third-order valence-electron chi connectivity index (χ3n) is 5.50. The van der Waals surface area contributed by atoms with Crippen LogP contribution in [0.4, 0.5) is 0 Å². The molecule has 0 radical (unpaired) electrons. The standard InChI is InChI=1S/C25H24N4O2/c1-28(15-17-8-9-19-13-20(31-3)11-10-18(19)12-17)16-24(30)21(14-26)25-27-22-6-4-5-7-23(22)29(25)2/h4-13,30H,15-16H2,1-3H3/p+1/b24-21-. The highest BCUT2D eigenvalue weighted by Crippen LogP contribution is 2.23. The largest absolute Gasteiger partial charge is 0.506 e. The summed E-state index contributed by atoms with van der Waals surface area (Å²) >= 11 is 0. The van der Waals surface area contributed by atoms with Gasteiger partial charge < -0.3 is 19.3 Å². The third-order valence-corrected chi connectivity index (χ3v) is 5.50. The average Bonchev–Trinajstić information content (AvgIpc) is 3.10. The summed E-state index contributed by atoms with van der Waals surface area (Å²) in [5, 5.41) is 22.7. The fourth-order valence-electron chi connectivity index (χ4n) is 3.91. The van der Waals surface area contributed by atoms with E-state index >= 15 is 0 Å². The van der Waals surface area contributed by atoms with Crippen molar-refractivity contribution >= 4 is 27.4 Å². The van der Waals surface area contributed by atoms with Gasteiger partial charge in [-0.1, -0.05) is 30.3 Å². The van der Waals surface area contributed by atoms with Gasteiger partial charge in [0.2, 0.25) is 0 Å². The molecule has 0 spiro atoms. The summed E-state index contributed by atoms with van der Waals surface area (Å²) in [6.07, 6.45) is 0. The lowest BCUT2D eigenvalue weighted by Crippen LogP contribution is -3.07. The lowest BCUT2D eigenvalue weighted by molar-refractivity contribution is -0.890. The number of allylic oxidation sites excluding steroid dienone is 1. The van der Waals surface area contributed by atoms with Crippen molar-refractivity contribution in [1.29, 1.82) is 5.26 Å².